The summed E-state index contributed by atoms with van der Waals surface area (Å²) in [5, 5.41) is 3.88. The number of aryl methyl sites for hydroxylation is 1. The molecule has 0 saturated carbocycles. The maximum Gasteiger partial charge on any atom is 0.243 e. The van der Waals surface area contributed by atoms with Gasteiger partial charge in [0.15, 0.2) is 17.3 Å². The number of benzene rings is 1. The average Bonchev–Trinajstić information content (AvgIpc) is 3.23. The maximum absolute atomic E-state index is 13.1. The van der Waals surface area contributed by atoms with E-state index in [2.05, 4.69) is 5.16 Å². The Balaban J connectivity index is 1.69. The molecule has 1 atom stereocenters. The Hall–Kier alpha value is -2.06. The van der Waals surface area contributed by atoms with Crippen molar-refractivity contribution in [2.45, 2.75) is 30.7 Å². The van der Waals surface area contributed by atoms with E-state index < -0.39 is 10.0 Å². The smallest absolute Gasteiger partial charge is 0.243 e. The minimum atomic E-state index is -3.65. The van der Waals surface area contributed by atoms with Crippen molar-refractivity contribution in [3.05, 3.63) is 35.7 Å². The predicted molar refractivity (Wildman–Crippen MR) is 84.5 cm³/mol. The Morgan fingerprint density at radius 2 is 1.96 bits per heavy atom. The van der Waals surface area contributed by atoms with Crippen LogP contribution in [0.2, 0.25) is 0 Å². The zero-order valence-corrected chi connectivity index (χ0v) is 14.1. The second kappa shape index (κ2) is 5.78. The molecule has 2 aromatic rings. The molecule has 0 spiro atoms. The molecular formula is C16H18N2O5S. The summed E-state index contributed by atoms with van der Waals surface area (Å²) in [4.78, 5) is 0.204. The summed E-state index contributed by atoms with van der Waals surface area (Å²) in [5.74, 6) is 1.63. The van der Waals surface area contributed by atoms with Crippen molar-refractivity contribution in [1.29, 1.82) is 0 Å². The van der Waals surface area contributed by atoms with Crippen molar-refractivity contribution >= 4 is 10.0 Å². The summed E-state index contributed by atoms with van der Waals surface area (Å²) < 4.78 is 43.9. The first-order valence-corrected chi connectivity index (χ1v) is 9.34. The molecule has 1 saturated heterocycles. The second-order valence-electron chi connectivity index (χ2n) is 5.95. The first kappa shape index (κ1) is 15.5. The lowest BCUT2D eigenvalue weighted by Gasteiger charge is -2.23. The molecule has 2 aliphatic heterocycles. The molecular weight excluding hydrogens is 332 g/mol. The van der Waals surface area contributed by atoms with E-state index in [1.807, 2.05) is 6.92 Å². The van der Waals surface area contributed by atoms with Crippen LogP contribution in [0.5, 0.6) is 11.5 Å². The van der Waals surface area contributed by atoms with Crippen LogP contribution in [0, 0.1) is 6.92 Å². The van der Waals surface area contributed by atoms with Gasteiger partial charge in [-0.05, 0) is 31.9 Å². The fourth-order valence-electron chi connectivity index (χ4n) is 3.17. The van der Waals surface area contributed by atoms with Crippen LogP contribution in [0.25, 0.3) is 0 Å². The van der Waals surface area contributed by atoms with E-state index in [0.717, 1.165) is 18.5 Å². The predicted octanol–water partition coefficient (Wildman–Crippen LogP) is 2.28. The third-order valence-electron chi connectivity index (χ3n) is 4.30. The average molecular weight is 350 g/mol. The lowest BCUT2D eigenvalue weighted by atomic mass is 10.2. The number of ether oxygens (including phenoxy) is 2. The molecule has 1 aromatic carbocycles. The van der Waals surface area contributed by atoms with Crippen molar-refractivity contribution in [3.8, 4) is 11.5 Å². The van der Waals surface area contributed by atoms with E-state index in [4.69, 9.17) is 14.0 Å². The largest absolute Gasteiger partial charge is 0.486 e. The molecule has 2 aliphatic rings. The van der Waals surface area contributed by atoms with E-state index in [0.29, 0.717) is 37.0 Å². The van der Waals surface area contributed by atoms with E-state index in [9.17, 15) is 8.42 Å². The molecule has 3 heterocycles. The Morgan fingerprint density at radius 1 is 1.17 bits per heavy atom. The molecule has 7 nitrogen and oxygen atoms in total. The van der Waals surface area contributed by atoms with Gasteiger partial charge in [-0.25, -0.2) is 8.42 Å². The highest BCUT2D eigenvalue weighted by Gasteiger charge is 2.38. The van der Waals surface area contributed by atoms with Crippen LogP contribution in [0.1, 0.15) is 30.3 Å². The van der Waals surface area contributed by atoms with Crippen LogP contribution in [-0.4, -0.2) is 37.6 Å². The molecule has 0 amide bonds. The van der Waals surface area contributed by atoms with Crippen molar-refractivity contribution in [2.24, 2.45) is 0 Å². The Kier molecular flexibility index (Phi) is 3.73. The topological polar surface area (TPSA) is 81.9 Å². The first-order valence-electron chi connectivity index (χ1n) is 7.90. The van der Waals surface area contributed by atoms with Crippen LogP contribution < -0.4 is 9.47 Å². The lowest BCUT2D eigenvalue weighted by Crippen LogP contribution is -2.30. The summed E-state index contributed by atoms with van der Waals surface area (Å²) >= 11 is 0. The molecule has 128 valence electrons. The molecule has 1 fully saturated rings. The highest BCUT2D eigenvalue weighted by molar-refractivity contribution is 7.89. The normalized spacial score (nSPS) is 21.1. The van der Waals surface area contributed by atoms with E-state index in [-0.39, 0.29) is 10.9 Å². The fourth-order valence-corrected chi connectivity index (χ4v) is 4.85. The van der Waals surface area contributed by atoms with Gasteiger partial charge in [0, 0.05) is 18.7 Å². The quantitative estimate of drug-likeness (QED) is 0.845. The van der Waals surface area contributed by atoms with Crippen molar-refractivity contribution in [3.63, 3.8) is 0 Å². The number of nitrogens with zero attached hydrogens (tertiary/aromatic N) is 2. The first-order chi connectivity index (χ1) is 11.6. The molecule has 0 aliphatic carbocycles. The second-order valence-corrected chi connectivity index (χ2v) is 7.84. The number of hydrogen-bond acceptors (Lipinski definition) is 6. The fraction of sp³-hybridized carbons (Fsp3) is 0.438. The van der Waals surface area contributed by atoms with E-state index in [1.165, 1.54) is 10.4 Å². The zero-order chi connectivity index (χ0) is 16.7. The number of sulfonamides is 1. The minimum Gasteiger partial charge on any atom is -0.486 e. The summed E-state index contributed by atoms with van der Waals surface area (Å²) in [6.45, 7) is 3.17. The van der Waals surface area contributed by atoms with Gasteiger partial charge in [-0.15, -0.1) is 0 Å². The van der Waals surface area contributed by atoms with Crippen LogP contribution in [0.15, 0.2) is 33.7 Å². The molecule has 4 rings (SSSR count). The molecule has 0 radical (unpaired) electrons. The van der Waals surface area contributed by atoms with Gasteiger partial charge < -0.3 is 14.0 Å². The lowest BCUT2D eigenvalue weighted by molar-refractivity contribution is 0.171. The summed E-state index contributed by atoms with van der Waals surface area (Å²) in [6, 6.07) is 6.21. The van der Waals surface area contributed by atoms with Gasteiger partial charge in [-0.1, -0.05) is 5.16 Å². The zero-order valence-electron chi connectivity index (χ0n) is 13.3. The highest BCUT2D eigenvalue weighted by Crippen LogP contribution is 2.39. The summed E-state index contributed by atoms with van der Waals surface area (Å²) in [5.41, 5.74) is 0.744. The molecule has 1 aromatic heterocycles. The monoisotopic (exact) mass is 350 g/mol. The van der Waals surface area contributed by atoms with Gasteiger partial charge in [0.1, 0.15) is 13.2 Å². The van der Waals surface area contributed by atoms with E-state index in [1.54, 1.807) is 18.2 Å². The number of rotatable bonds is 3. The Bertz CT molecular complexity index is 861. The van der Waals surface area contributed by atoms with Gasteiger partial charge in [-0.3, -0.25) is 0 Å². The minimum absolute atomic E-state index is 0.204. The third kappa shape index (κ3) is 2.55. The molecule has 0 unspecified atom stereocenters. The van der Waals surface area contributed by atoms with Crippen LogP contribution in [-0.2, 0) is 10.0 Å². The molecule has 0 N–H and O–H groups in total. The van der Waals surface area contributed by atoms with Gasteiger partial charge in [0.25, 0.3) is 0 Å². The Morgan fingerprint density at radius 3 is 2.71 bits per heavy atom. The van der Waals surface area contributed by atoms with Crippen LogP contribution in [0.4, 0.5) is 0 Å². The standard InChI is InChI=1S/C16H18N2O5S/c1-11-9-15(23-17-11)13-3-2-6-18(13)24(19,20)12-4-5-14-16(10-12)22-8-7-21-14/h4-5,9-10,13H,2-3,6-8H2,1H3/t13-/m1/s1. The number of fused-ring (bicyclic) bond motifs is 1. The Labute approximate surface area is 140 Å². The molecule has 24 heavy (non-hydrogen) atoms. The highest BCUT2D eigenvalue weighted by atomic mass is 32.2. The van der Waals surface area contributed by atoms with Gasteiger partial charge in [0.05, 0.1) is 16.6 Å². The molecule has 0 bridgehead atoms. The van der Waals surface area contributed by atoms with Gasteiger partial charge in [-0.2, -0.15) is 4.31 Å². The molecule has 8 heteroatoms. The maximum atomic E-state index is 13.1. The third-order valence-corrected chi connectivity index (χ3v) is 6.20. The van der Waals surface area contributed by atoms with Crippen molar-refractivity contribution < 1.29 is 22.4 Å². The van der Waals surface area contributed by atoms with Crippen molar-refractivity contribution in [1.82, 2.24) is 9.46 Å². The van der Waals surface area contributed by atoms with Gasteiger partial charge >= 0.3 is 0 Å². The van der Waals surface area contributed by atoms with Crippen LogP contribution in [0.3, 0.4) is 0 Å². The van der Waals surface area contributed by atoms with E-state index >= 15 is 0 Å². The number of aromatic nitrogens is 1. The summed E-state index contributed by atoms with van der Waals surface area (Å²) in [6.07, 6.45) is 1.51. The van der Waals surface area contributed by atoms with Crippen LogP contribution >= 0.6 is 0 Å². The van der Waals surface area contributed by atoms with Gasteiger partial charge in [0.2, 0.25) is 10.0 Å². The van der Waals surface area contributed by atoms with Crippen molar-refractivity contribution in [2.75, 3.05) is 19.8 Å². The summed E-state index contributed by atoms with van der Waals surface area (Å²) in [7, 11) is -3.65. The SMILES string of the molecule is Cc1cc([C@H]2CCCN2S(=O)(=O)c2ccc3c(c2)OCCO3)on1. The number of hydrogen-bond donors (Lipinski definition) is 0.